The minimum Gasteiger partial charge on any atom is -0.483 e. The summed E-state index contributed by atoms with van der Waals surface area (Å²) in [5.41, 5.74) is 13.7. The van der Waals surface area contributed by atoms with Crippen LogP contribution in [-0.2, 0) is 16.0 Å². The third kappa shape index (κ3) is 5.01. The van der Waals surface area contributed by atoms with Crippen molar-refractivity contribution in [3.05, 3.63) is 59.8 Å². The zero-order valence-electron chi connectivity index (χ0n) is 17.6. The van der Waals surface area contributed by atoms with Crippen LogP contribution >= 0.6 is 0 Å². The molecule has 0 fully saturated rings. The van der Waals surface area contributed by atoms with E-state index >= 15 is 0 Å². The normalized spacial score (nSPS) is 10.4. The Kier molecular flexibility index (Phi) is 7.08. The van der Waals surface area contributed by atoms with Gasteiger partial charge in [0, 0.05) is 19.0 Å². The zero-order valence-corrected chi connectivity index (χ0v) is 17.6. The fourth-order valence-corrected chi connectivity index (χ4v) is 3.04. The van der Waals surface area contributed by atoms with Crippen molar-refractivity contribution in [1.29, 1.82) is 0 Å². The largest absolute Gasteiger partial charge is 0.483 e. The van der Waals surface area contributed by atoms with E-state index < -0.39 is 0 Å². The zero-order chi connectivity index (χ0) is 24.0. The number of nitrogen functional groups attached to an aromatic ring is 2. The molecule has 1 amide bonds. The number of hydrogen-bond acceptors (Lipinski definition) is 8. The highest BCUT2D eigenvalue weighted by atomic mass is 19.1. The smallest absolute Gasteiger partial charge is 0.290 e. The number of nitrogens with zero attached hydrogens (tertiary/aromatic N) is 5. The number of carbonyl (C=O) groups is 2. The number of fused-ring (bicyclic) bond motifs is 1. The quantitative estimate of drug-likeness (QED) is 0.331. The summed E-state index contributed by atoms with van der Waals surface area (Å²) in [6.45, 7) is 1.46. The summed E-state index contributed by atoms with van der Waals surface area (Å²) in [5, 5.41) is 13.8. The van der Waals surface area contributed by atoms with Gasteiger partial charge in [0.05, 0.1) is 5.52 Å². The van der Waals surface area contributed by atoms with Gasteiger partial charge in [-0.2, -0.15) is 5.10 Å². The molecule has 0 saturated heterocycles. The summed E-state index contributed by atoms with van der Waals surface area (Å²) >= 11 is 0. The van der Waals surface area contributed by atoms with Crippen LogP contribution in [0.2, 0.25) is 0 Å². The van der Waals surface area contributed by atoms with E-state index in [0.717, 1.165) is 0 Å². The molecule has 0 unspecified atom stereocenters. The second kappa shape index (κ2) is 10.1. The third-order valence-corrected chi connectivity index (χ3v) is 4.55. The molecule has 33 heavy (non-hydrogen) atoms. The Hall–Kier alpha value is -4.61. The van der Waals surface area contributed by atoms with Crippen LogP contribution in [0.15, 0.2) is 42.6 Å². The number of anilines is 3. The number of imidazole rings is 1. The van der Waals surface area contributed by atoms with Crippen LogP contribution in [0.25, 0.3) is 17.0 Å². The van der Waals surface area contributed by atoms with Crippen molar-refractivity contribution < 1.29 is 19.1 Å². The Bertz CT molecular complexity index is 1280. The molecule has 0 saturated carbocycles. The van der Waals surface area contributed by atoms with E-state index in [1.807, 2.05) is 0 Å². The van der Waals surface area contributed by atoms with Gasteiger partial charge in [-0.25, -0.2) is 23.9 Å². The lowest BCUT2D eigenvalue weighted by atomic mass is 10.1. The molecule has 11 nitrogen and oxygen atoms in total. The van der Waals surface area contributed by atoms with Crippen molar-refractivity contribution >= 4 is 35.2 Å². The molecule has 0 aliphatic rings. The lowest BCUT2D eigenvalue weighted by Gasteiger charge is -2.10. The minimum atomic E-state index is -0.326. The lowest BCUT2D eigenvalue weighted by molar-refractivity contribution is -0.123. The maximum atomic E-state index is 14.1. The van der Waals surface area contributed by atoms with Gasteiger partial charge in [0.25, 0.3) is 6.47 Å². The van der Waals surface area contributed by atoms with E-state index in [0.29, 0.717) is 22.6 Å². The van der Waals surface area contributed by atoms with Crippen LogP contribution < -0.4 is 16.8 Å². The van der Waals surface area contributed by atoms with Crippen LogP contribution in [0, 0.1) is 5.82 Å². The standard InChI is InChI=1S/C20H19FN8O.CH2O2/c1-2-15(30)26-17-18(22)27-20(28-19(17)23)16-13-8-5-9-24-29(13)14(25-16)10-11-6-3-4-7-12(11)21;2-1-3/h3-9H,2,10H2,1H3,(H,26,30)(H4,22,23,27,28);1H,(H,2,3). The molecular weight excluding hydrogens is 431 g/mol. The number of aromatic nitrogens is 5. The molecule has 4 aromatic rings. The molecule has 4 rings (SSSR count). The number of carbonyl (C=O) groups excluding carboxylic acids is 1. The van der Waals surface area contributed by atoms with Gasteiger partial charge in [-0.15, -0.1) is 0 Å². The molecule has 6 N–H and O–H groups in total. The van der Waals surface area contributed by atoms with Crippen LogP contribution in [0.4, 0.5) is 21.7 Å². The number of nitrogens with one attached hydrogen (secondary N) is 1. The van der Waals surface area contributed by atoms with Gasteiger partial charge in [0.1, 0.15) is 23.0 Å². The number of amides is 1. The van der Waals surface area contributed by atoms with E-state index in [4.69, 9.17) is 21.4 Å². The summed E-state index contributed by atoms with van der Waals surface area (Å²) in [6.07, 6.45) is 2.09. The molecule has 1 aromatic carbocycles. The summed E-state index contributed by atoms with van der Waals surface area (Å²) in [4.78, 5) is 33.2. The average molecular weight is 452 g/mol. The molecule has 0 radical (unpaired) electrons. The second-order valence-electron chi connectivity index (χ2n) is 6.67. The molecular formula is C21H21FN8O3. The first-order valence-electron chi connectivity index (χ1n) is 9.76. The van der Waals surface area contributed by atoms with Crippen LogP contribution in [0.1, 0.15) is 24.7 Å². The molecule has 12 heteroatoms. The monoisotopic (exact) mass is 452 g/mol. The van der Waals surface area contributed by atoms with Gasteiger partial charge < -0.3 is 21.9 Å². The van der Waals surface area contributed by atoms with Gasteiger partial charge in [0.2, 0.25) is 5.91 Å². The van der Waals surface area contributed by atoms with Crippen LogP contribution in [0.3, 0.4) is 0 Å². The van der Waals surface area contributed by atoms with Crippen molar-refractivity contribution in [2.45, 2.75) is 19.8 Å². The molecule has 0 bridgehead atoms. The molecule has 0 spiro atoms. The first-order chi connectivity index (χ1) is 15.9. The second-order valence-corrected chi connectivity index (χ2v) is 6.67. The fraction of sp³-hybridized carbons (Fsp3) is 0.143. The van der Waals surface area contributed by atoms with E-state index in [1.54, 1.807) is 48.0 Å². The first kappa shape index (κ1) is 23.1. The summed E-state index contributed by atoms with van der Waals surface area (Å²) in [5.74, 6) is 0.167. The van der Waals surface area contributed by atoms with E-state index in [2.05, 4.69) is 25.4 Å². The molecule has 0 aliphatic heterocycles. The number of carboxylic acid groups (broad SMARTS) is 1. The van der Waals surface area contributed by atoms with Crippen molar-refractivity contribution in [2.24, 2.45) is 0 Å². The highest BCUT2D eigenvalue weighted by molar-refractivity contribution is 5.96. The van der Waals surface area contributed by atoms with Gasteiger partial charge >= 0.3 is 0 Å². The lowest BCUT2D eigenvalue weighted by Crippen LogP contribution is -2.15. The van der Waals surface area contributed by atoms with Gasteiger partial charge in [0.15, 0.2) is 17.5 Å². The maximum absolute atomic E-state index is 14.1. The summed E-state index contributed by atoms with van der Waals surface area (Å²) in [6, 6.07) is 10.0. The fourth-order valence-electron chi connectivity index (χ4n) is 3.04. The Morgan fingerprint density at radius 2 is 1.82 bits per heavy atom. The van der Waals surface area contributed by atoms with Crippen molar-refractivity contribution in [2.75, 3.05) is 16.8 Å². The number of hydrogen-bond donors (Lipinski definition) is 4. The third-order valence-electron chi connectivity index (χ3n) is 4.55. The Balaban J connectivity index is 0.000000968. The molecule has 170 valence electrons. The molecule has 0 atom stereocenters. The highest BCUT2D eigenvalue weighted by Gasteiger charge is 2.20. The molecule has 0 aliphatic carbocycles. The number of benzene rings is 1. The Morgan fingerprint density at radius 3 is 2.45 bits per heavy atom. The van der Waals surface area contributed by atoms with Crippen molar-refractivity contribution in [1.82, 2.24) is 24.6 Å². The van der Waals surface area contributed by atoms with Crippen LogP contribution in [-0.4, -0.2) is 42.1 Å². The SMILES string of the molecule is CCC(=O)Nc1c(N)nc(-c2nc(Cc3ccccc3F)n3ncccc23)nc1N.O=CO. The van der Waals surface area contributed by atoms with E-state index in [1.165, 1.54) is 6.07 Å². The van der Waals surface area contributed by atoms with Gasteiger partial charge in [-0.05, 0) is 23.8 Å². The topological polar surface area (TPSA) is 174 Å². The Labute approximate surface area is 187 Å². The predicted octanol–water partition coefficient (Wildman–Crippen LogP) is 2.13. The summed E-state index contributed by atoms with van der Waals surface area (Å²) in [7, 11) is 0. The van der Waals surface area contributed by atoms with Crippen molar-refractivity contribution in [3.63, 3.8) is 0 Å². The number of halogens is 1. The minimum absolute atomic E-state index is 0.0278. The van der Waals surface area contributed by atoms with Crippen LogP contribution in [0.5, 0.6) is 0 Å². The van der Waals surface area contributed by atoms with E-state index in [-0.39, 0.29) is 54.2 Å². The van der Waals surface area contributed by atoms with E-state index in [9.17, 15) is 9.18 Å². The molecule has 3 heterocycles. The number of nitrogens with two attached hydrogens (primary N) is 2. The summed E-state index contributed by atoms with van der Waals surface area (Å²) < 4.78 is 15.7. The number of rotatable bonds is 5. The molecule has 3 aromatic heterocycles. The van der Waals surface area contributed by atoms with Gasteiger partial charge in [-0.1, -0.05) is 25.1 Å². The average Bonchev–Trinajstić information content (AvgIpc) is 3.16. The highest BCUT2D eigenvalue weighted by Crippen LogP contribution is 2.29. The Morgan fingerprint density at radius 1 is 1.15 bits per heavy atom. The van der Waals surface area contributed by atoms with Gasteiger partial charge in [-0.3, -0.25) is 9.59 Å². The predicted molar refractivity (Wildman–Crippen MR) is 120 cm³/mol. The maximum Gasteiger partial charge on any atom is 0.290 e. The first-order valence-corrected chi connectivity index (χ1v) is 9.76. The van der Waals surface area contributed by atoms with Crippen molar-refractivity contribution in [3.8, 4) is 11.5 Å².